The minimum absolute atomic E-state index is 0.107. The largest absolute Gasteiger partial charge is 0.457 e. The highest BCUT2D eigenvalue weighted by atomic mass is 35.5. The molecule has 0 atom stereocenters. The highest BCUT2D eigenvalue weighted by Crippen LogP contribution is 2.27. The molecule has 0 fully saturated rings. The molecule has 0 radical (unpaired) electrons. The summed E-state index contributed by atoms with van der Waals surface area (Å²) in [4.78, 5) is 13.0. The lowest BCUT2D eigenvalue weighted by molar-refractivity contribution is 0.0839. The number of halogens is 1. The monoisotopic (exact) mass is 345 g/mol. The molecule has 0 heterocycles. The molecular weight excluding hydrogens is 322 g/mol. The van der Waals surface area contributed by atoms with Crippen LogP contribution in [0.3, 0.4) is 0 Å². The van der Waals surface area contributed by atoms with Gasteiger partial charge in [-0.2, -0.15) is 0 Å². The number of Topliss-reactive ketones (excluding diaryl/α,β-unsaturated/α-hetero) is 1. The topological polar surface area (TPSA) is 38.3 Å². The van der Waals surface area contributed by atoms with Gasteiger partial charge < -0.3 is 10.1 Å². The van der Waals surface area contributed by atoms with Crippen LogP contribution < -0.4 is 10.1 Å². The number of hydrogen-bond acceptors (Lipinski definition) is 3. The average molecular weight is 346 g/mol. The third kappa shape index (κ3) is 4.16. The lowest BCUT2D eigenvalue weighted by atomic mass is 9.84. The maximum absolute atomic E-state index is 13.0. The molecule has 0 aliphatic heterocycles. The molecule has 0 aliphatic rings. The van der Waals surface area contributed by atoms with Crippen LogP contribution in [0.4, 0.5) is 0 Å². The van der Waals surface area contributed by atoms with E-state index in [0.29, 0.717) is 22.1 Å². The summed E-state index contributed by atoms with van der Waals surface area (Å²) in [6.07, 6.45) is 1.50. The van der Waals surface area contributed by atoms with E-state index < -0.39 is 5.54 Å². The number of ketones is 1. The van der Waals surface area contributed by atoms with Crippen LogP contribution in [0.1, 0.15) is 44.0 Å². The van der Waals surface area contributed by atoms with Gasteiger partial charge in [0.1, 0.15) is 11.5 Å². The van der Waals surface area contributed by atoms with Crippen molar-refractivity contribution >= 4 is 17.4 Å². The number of carbonyl (C=O) groups is 1. The van der Waals surface area contributed by atoms with Gasteiger partial charge in [-0.25, -0.2) is 0 Å². The van der Waals surface area contributed by atoms with Crippen molar-refractivity contribution in [2.45, 2.75) is 39.2 Å². The van der Waals surface area contributed by atoms with E-state index in [1.165, 1.54) is 0 Å². The minimum atomic E-state index is -0.520. The van der Waals surface area contributed by atoms with Gasteiger partial charge in [0.25, 0.3) is 0 Å². The molecule has 0 aromatic heterocycles. The molecule has 0 saturated carbocycles. The summed E-state index contributed by atoms with van der Waals surface area (Å²) in [5, 5.41) is 4.02. The van der Waals surface area contributed by atoms with Gasteiger partial charge in [-0.15, -0.1) is 0 Å². The molecule has 3 nitrogen and oxygen atoms in total. The Bertz CT molecular complexity index is 678. The number of ether oxygens (including phenoxy) is 1. The normalized spacial score (nSPS) is 11.3. The predicted octanol–water partition coefficient (Wildman–Crippen LogP) is 5.48. The third-order valence-corrected chi connectivity index (χ3v) is 4.55. The fourth-order valence-corrected chi connectivity index (χ4v) is 2.98. The molecule has 0 unspecified atom stereocenters. The maximum Gasteiger partial charge on any atom is 0.182 e. The van der Waals surface area contributed by atoms with Crippen LogP contribution in [0, 0.1) is 0 Å². The van der Waals surface area contributed by atoms with Gasteiger partial charge in [0.2, 0.25) is 0 Å². The molecule has 1 N–H and O–H groups in total. The molecule has 0 amide bonds. The van der Waals surface area contributed by atoms with Crippen LogP contribution in [0.2, 0.25) is 5.02 Å². The summed E-state index contributed by atoms with van der Waals surface area (Å²) in [5.74, 6) is 1.43. The second kappa shape index (κ2) is 8.32. The molecule has 128 valence electrons. The SMILES string of the molecule is CCNC(CC)(CC)C(=O)c1cccc(Oc2ccc(Cl)cc2)c1. The Morgan fingerprint density at radius 3 is 2.29 bits per heavy atom. The zero-order valence-corrected chi connectivity index (χ0v) is 15.2. The van der Waals surface area contributed by atoms with E-state index in [1.807, 2.05) is 39.0 Å². The van der Waals surface area contributed by atoms with E-state index in [4.69, 9.17) is 16.3 Å². The Morgan fingerprint density at radius 2 is 1.71 bits per heavy atom. The zero-order chi connectivity index (χ0) is 17.6. The lowest BCUT2D eigenvalue weighted by Crippen LogP contribution is -2.51. The zero-order valence-electron chi connectivity index (χ0n) is 14.4. The first-order valence-corrected chi connectivity index (χ1v) is 8.75. The van der Waals surface area contributed by atoms with Crippen molar-refractivity contribution < 1.29 is 9.53 Å². The molecule has 2 aromatic carbocycles. The predicted molar refractivity (Wildman–Crippen MR) is 99.3 cm³/mol. The number of nitrogens with one attached hydrogen (secondary N) is 1. The molecule has 0 bridgehead atoms. The molecule has 0 saturated heterocycles. The number of benzene rings is 2. The van der Waals surface area contributed by atoms with Crippen LogP contribution in [0.5, 0.6) is 11.5 Å². The van der Waals surface area contributed by atoms with Crippen LogP contribution in [0.15, 0.2) is 48.5 Å². The Hall–Kier alpha value is -1.84. The number of hydrogen-bond donors (Lipinski definition) is 1. The van der Waals surface area contributed by atoms with Crippen molar-refractivity contribution in [2.75, 3.05) is 6.54 Å². The summed E-state index contributed by atoms with van der Waals surface area (Å²) < 4.78 is 5.83. The highest BCUT2D eigenvalue weighted by molar-refractivity contribution is 6.30. The van der Waals surface area contributed by atoms with Crippen LogP contribution in [-0.2, 0) is 0 Å². The summed E-state index contributed by atoms with van der Waals surface area (Å²) in [6, 6.07) is 14.5. The summed E-state index contributed by atoms with van der Waals surface area (Å²) >= 11 is 5.89. The van der Waals surface area contributed by atoms with Crippen LogP contribution in [-0.4, -0.2) is 17.9 Å². The van der Waals surface area contributed by atoms with E-state index in [0.717, 1.165) is 19.4 Å². The smallest absolute Gasteiger partial charge is 0.182 e. The lowest BCUT2D eigenvalue weighted by Gasteiger charge is -2.31. The highest BCUT2D eigenvalue weighted by Gasteiger charge is 2.34. The molecule has 4 heteroatoms. The van der Waals surface area contributed by atoms with Gasteiger partial charge in [-0.1, -0.05) is 44.5 Å². The molecule has 2 aromatic rings. The van der Waals surface area contributed by atoms with E-state index in [1.54, 1.807) is 30.3 Å². The van der Waals surface area contributed by atoms with E-state index in [9.17, 15) is 4.79 Å². The van der Waals surface area contributed by atoms with Crippen molar-refractivity contribution in [1.29, 1.82) is 0 Å². The first-order valence-electron chi connectivity index (χ1n) is 8.38. The Kier molecular flexibility index (Phi) is 6.41. The average Bonchev–Trinajstić information content (AvgIpc) is 2.61. The van der Waals surface area contributed by atoms with Gasteiger partial charge in [0.05, 0.1) is 5.54 Å². The second-order valence-corrected chi connectivity index (χ2v) is 6.17. The summed E-state index contributed by atoms with van der Waals surface area (Å²) in [6.45, 7) is 6.86. The fourth-order valence-electron chi connectivity index (χ4n) is 2.86. The quantitative estimate of drug-likeness (QED) is 0.643. The maximum atomic E-state index is 13.0. The van der Waals surface area contributed by atoms with Gasteiger partial charge >= 0.3 is 0 Å². The van der Waals surface area contributed by atoms with Crippen molar-refractivity contribution in [3.63, 3.8) is 0 Å². The third-order valence-electron chi connectivity index (χ3n) is 4.30. The molecule has 0 spiro atoms. The van der Waals surface area contributed by atoms with Crippen LogP contribution >= 0.6 is 11.6 Å². The second-order valence-electron chi connectivity index (χ2n) is 5.73. The molecular formula is C20H24ClNO2. The van der Waals surface area contributed by atoms with E-state index in [2.05, 4.69) is 5.32 Å². The summed E-state index contributed by atoms with van der Waals surface area (Å²) in [5.41, 5.74) is 0.138. The Balaban J connectivity index is 2.25. The molecule has 2 rings (SSSR count). The van der Waals surface area contributed by atoms with Crippen molar-refractivity contribution in [3.05, 3.63) is 59.1 Å². The summed E-state index contributed by atoms with van der Waals surface area (Å²) in [7, 11) is 0. The number of carbonyl (C=O) groups excluding carboxylic acids is 1. The van der Waals surface area contributed by atoms with Crippen molar-refractivity contribution in [3.8, 4) is 11.5 Å². The molecule has 24 heavy (non-hydrogen) atoms. The van der Waals surface area contributed by atoms with Crippen molar-refractivity contribution in [2.24, 2.45) is 0 Å². The number of rotatable bonds is 8. The molecule has 0 aliphatic carbocycles. The Labute approximate surface area is 149 Å². The minimum Gasteiger partial charge on any atom is -0.457 e. The standard InChI is InChI=1S/C20H24ClNO2/c1-4-20(5-2,22-6-3)19(23)15-8-7-9-18(14-15)24-17-12-10-16(21)11-13-17/h7-14,22H,4-6H2,1-3H3. The van der Waals surface area contributed by atoms with Gasteiger partial charge in [-0.05, 0) is 55.8 Å². The van der Waals surface area contributed by atoms with Gasteiger partial charge in [0, 0.05) is 10.6 Å². The van der Waals surface area contributed by atoms with E-state index >= 15 is 0 Å². The Morgan fingerprint density at radius 1 is 1.04 bits per heavy atom. The first-order chi connectivity index (χ1) is 11.5. The van der Waals surface area contributed by atoms with Crippen molar-refractivity contribution in [1.82, 2.24) is 5.32 Å². The van der Waals surface area contributed by atoms with E-state index in [-0.39, 0.29) is 5.78 Å². The fraction of sp³-hybridized carbons (Fsp3) is 0.350. The van der Waals surface area contributed by atoms with Gasteiger partial charge in [-0.3, -0.25) is 4.79 Å². The first kappa shape index (κ1) is 18.5. The number of likely N-dealkylation sites (N-methyl/N-ethyl adjacent to an activating group) is 1. The van der Waals surface area contributed by atoms with Crippen LogP contribution in [0.25, 0.3) is 0 Å². The van der Waals surface area contributed by atoms with Gasteiger partial charge in [0.15, 0.2) is 5.78 Å².